The Labute approximate surface area is 185 Å². The predicted molar refractivity (Wildman–Crippen MR) is 118 cm³/mol. The lowest BCUT2D eigenvalue weighted by molar-refractivity contribution is -0.130. The van der Waals surface area contributed by atoms with Gasteiger partial charge in [0.05, 0.1) is 5.39 Å². The molecule has 7 nitrogen and oxygen atoms in total. The maximum absolute atomic E-state index is 12.8. The molecule has 166 valence electrons. The van der Waals surface area contributed by atoms with Crippen LogP contribution in [0.1, 0.15) is 67.0 Å². The first-order valence-electron chi connectivity index (χ1n) is 11.4. The second-order valence-corrected chi connectivity index (χ2v) is 10.5. The van der Waals surface area contributed by atoms with Crippen LogP contribution >= 0.6 is 11.3 Å². The van der Waals surface area contributed by atoms with Crippen molar-refractivity contribution in [1.82, 2.24) is 14.9 Å². The van der Waals surface area contributed by atoms with Gasteiger partial charge in [0.1, 0.15) is 15.5 Å². The van der Waals surface area contributed by atoms with Gasteiger partial charge in [-0.1, -0.05) is 6.42 Å². The minimum absolute atomic E-state index is 0.0849. The number of ether oxygens (including phenoxy) is 1. The minimum Gasteiger partial charge on any atom is -0.448 e. The molecule has 5 rings (SSSR count). The van der Waals surface area contributed by atoms with Gasteiger partial charge in [0.2, 0.25) is 0 Å². The van der Waals surface area contributed by atoms with Crippen LogP contribution in [0, 0.1) is 24.7 Å². The number of hydrogen-bond acceptors (Lipinski definition) is 6. The maximum Gasteiger partial charge on any atom is 0.349 e. The molecule has 0 saturated heterocycles. The summed E-state index contributed by atoms with van der Waals surface area (Å²) in [5.41, 5.74) is 0.503. The quantitative estimate of drug-likeness (QED) is 0.717. The Morgan fingerprint density at radius 1 is 1.26 bits per heavy atom. The number of rotatable bonds is 5. The Morgan fingerprint density at radius 2 is 2.06 bits per heavy atom. The lowest BCUT2D eigenvalue weighted by Gasteiger charge is -2.29. The molecule has 2 saturated carbocycles. The number of thiophene rings is 1. The van der Waals surface area contributed by atoms with Crippen LogP contribution in [0.25, 0.3) is 10.2 Å². The van der Waals surface area contributed by atoms with Crippen LogP contribution in [0.2, 0.25) is 0 Å². The monoisotopic (exact) mass is 443 g/mol. The molecule has 8 heteroatoms. The molecule has 2 bridgehead atoms. The highest BCUT2D eigenvalue weighted by atomic mass is 32.1. The topological polar surface area (TPSA) is 90.3 Å². The first-order valence-corrected chi connectivity index (χ1v) is 12.2. The molecule has 0 spiro atoms. The van der Waals surface area contributed by atoms with E-state index in [1.54, 1.807) is 18.4 Å². The molecule has 3 aliphatic rings. The largest absolute Gasteiger partial charge is 0.448 e. The lowest BCUT2D eigenvalue weighted by atomic mass is 9.84. The zero-order valence-corrected chi connectivity index (χ0v) is 19.1. The molecule has 2 fully saturated rings. The number of carbonyl (C=O) groups excluding carboxylic acids is 2. The summed E-state index contributed by atoms with van der Waals surface area (Å²) < 4.78 is 7.20. The predicted octanol–water partition coefficient (Wildman–Crippen LogP) is 3.20. The van der Waals surface area contributed by atoms with Crippen molar-refractivity contribution in [2.75, 3.05) is 0 Å². The zero-order chi connectivity index (χ0) is 21.9. The van der Waals surface area contributed by atoms with E-state index in [2.05, 4.69) is 17.2 Å². The highest BCUT2D eigenvalue weighted by molar-refractivity contribution is 7.20. The van der Waals surface area contributed by atoms with E-state index in [1.165, 1.54) is 37.0 Å². The number of carbonyl (C=O) groups is 2. The highest BCUT2D eigenvalue weighted by Gasteiger charge is 2.42. The molecule has 2 aromatic heterocycles. The van der Waals surface area contributed by atoms with Crippen molar-refractivity contribution in [1.29, 1.82) is 0 Å². The molecule has 5 atom stereocenters. The van der Waals surface area contributed by atoms with E-state index in [-0.39, 0.29) is 17.5 Å². The third-order valence-corrected chi connectivity index (χ3v) is 8.72. The van der Waals surface area contributed by atoms with E-state index < -0.39 is 12.1 Å². The molecular weight excluding hydrogens is 414 g/mol. The van der Waals surface area contributed by atoms with E-state index in [9.17, 15) is 14.4 Å². The second-order valence-electron chi connectivity index (χ2n) is 9.51. The average Bonchev–Trinajstić information content (AvgIpc) is 3.51. The summed E-state index contributed by atoms with van der Waals surface area (Å²) in [5, 5.41) is 3.56. The number of nitrogens with one attached hydrogen (secondary N) is 1. The summed E-state index contributed by atoms with van der Waals surface area (Å²) in [6.07, 6.45) is 5.87. The molecule has 1 N–H and O–H groups in total. The zero-order valence-electron chi connectivity index (χ0n) is 18.3. The number of amides is 1. The van der Waals surface area contributed by atoms with Crippen molar-refractivity contribution in [3.8, 4) is 0 Å². The number of fused-ring (bicyclic) bond motifs is 4. The van der Waals surface area contributed by atoms with Crippen LogP contribution in [-0.2, 0) is 22.5 Å². The molecule has 1 amide bonds. The third-order valence-electron chi connectivity index (χ3n) is 7.55. The molecule has 2 aromatic rings. The van der Waals surface area contributed by atoms with Gasteiger partial charge in [-0.2, -0.15) is 0 Å². The number of aromatic nitrogens is 2. The van der Waals surface area contributed by atoms with Crippen molar-refractivity contribution < 1.29 is 14.3 Å². The molecule has 0 unspecified atom stereocenters. The van der Waals surface area contributed by atoms with E-state index in [1.807, 2.05) is 0 Å². The van der Waals surface area contributed by atoms with Crippen LogP contribution in [0.15, 0.2) is 4.79 Å². The van der Waals surface area contributed by atoms with Gasteiger partial charge in [-0.25, -0.2) is 9.78 Å². The Balaban J connectivity index is 1.28. The fourth-order valence-electron chi connectivity index (χ4n) is 5.89. The normalized spacial score (nSPS) is 26.1. The van der Waals surface area contributed by atoms with Gasteiger partial charge in [-0.15, -0.1) is 11.3 Å². The molecule has 0 radical (unpaired) electrons. The van der Waals surface area contributed by atoms with Crippen molar-refractivity contribution in [2.24, 2.45) is 17.8 Å². The number of nitrogens with zero attached hydrogens (tertiary/aromatic N) is 2. The van der Waals surface area contributed by atoms with Gasteiger partial charge in [0, 0.05) is 19.0 Å². The average molecular weight is 444 g/mol. The van der Waals surface area contributed by atoms with Crippen LogP contribution in [0.3, 0.4) is 0 Å². The molecular formula is C23H29N3O4S. The van der Waals surface area contributed by atoms with Gasteiger partial charge in [0.25, 0.3) is 11.5 Å². The molecule has 1 aliphatic heterocycles. The van der Waals surface area contributed by atoms with E-state index in [0.29, 0.717) is 39.0 Å². The van der Waals surface area contributed by atoms with E-state index in [0.717, 1.165) is 24.6 Å². The maximum atomic E-state index is 12.8. The second kappa shape index (κ2) is 7.73. The first kappa shape index (κ1) is 20.7. The number of esters is 1. The van der Waals surface area contributed by atoms with Crippen molar-refractivity contribution in [3.05, 3.63) is 26.6 Å². The van der Waals surface area contributed by atoms with Crippen molar-refractivity contribution >= 4 is 33.4 Å². The number of aryl methyl sites for hydroxylation is 2. The Bertz CT molecular complexity index is 1120. The fourth-order valence-corrected chi connectivity index (χ4v) is 6.97. The summed E-state index contributed by atoms with van der Waals surface area (Å²) >= 11 is 1.18. The molecule has 31 heavy (non-hydrogen) atoms. The number of hydrogen-bond donors (Lipinski definition) is 1. The van der Waals surface area contributed by atoms with Crippen LogP contribution in [-0.4, -0.2) is 33.6 Å². The summed E-state index contributed by atoms with van der Waals surface area (Å²) in [6, 6.07) is 0.0849. The smallest absolute Gasteiger partial charge is 0.349 e. The van der Waals surface area contributed by atoms with Gasteiger partial charge in [-0.3, -0.25) is 14.2 Å². The highest BCUT2D eigenvalue weighted by Crippen LogP contribution is 2.49. The Hall–Kier alpha value is -2.22. The summed E-state index contributed by atoms with van der Waals surface area (Å²) in [5.74, 6) is 2.00. The Morgan fingerprint density at radius 3 is 2.77 bits per heavy atom. The molecule has 3 heterocycles. The SMILES string of the molecule is Cc1c(C(=O)O[C@@H](C)C(=O)N[C@@H](C)[C@@H]2C[C@@H]3CC[C@@H]2C3)sc2nc3n(c(=O)c12)CCC3. The lowest BCUT2D eigenvalue weighted by Crippen LogP contribution is -2.45. The summed E-state index contributed by atoms with van der Waals surface area (Å²) in [4.78, 5) is 43.9. The van der Waals surface area contributed by atoms with E-state index >= 15 is 0 Å². The van der Waals surface area contributed by atoms with Crippen molar-refractivity contribution in [2.45, 2.75) is 78.0 Å². The van der Waals surface area contributed by atoms with E-state index in [4.69, 9.17) is 4.74 Å². The van der Waals surface area contributed by atoms with Crippen LogP contribution in [0.4, 0.5) is 0 Å². The van der Waals surface area contributed by atoms with Gasteiger partial charge < -0.3 is 10.1 Å². The first-order chi connectivity index (χ1) is 14.8. The van der Waals surface area contributed by atoms with Gasteiger partial charge in [-0.05, 0) is 69.8 Å². The minimum atomic E-state index is -0.891. The molecule has 0 aromatic carbocycles. The molecule has 2 aliphatic carbocycles. The third kappa shape index (κ3) is 3.49. The summed E-state index contributed by atoms with van der Waals surface area (Å²) in [7, 11) is 0. The fraction of sp³-hybridized carbons (Fsp3) is 0.652. The van der Waals surface area contributed by atoms with Crippen LogP contribution in [0.5, 0.6) is 0 Å². The van der Waals surface area contributed by atoms with Crippen molar-refractivity contribution in [3.63, 3.8) is 0 Å². The Kier molecular flexibility index (Phi) is 5.15. The van der Waals surface area contributed by atoms with Gasteiger partial charge >= 0.3 is 5.97 Å². The van der Waals surface area contributed by atoms with Gasteiger partial charge in [0.15, 0.2) is 6.10 Å². The summed E-state index contributed by atoms with van der Waals surface area (Å²) in [6.45, 7) is 6.09. The van der Waals surface area contributed by atoms with Crippen LogP contribution < -0.4 is 10.9 Å². The standard InChI is InChI=1S/C23H29N3O4S/c1-11-18-21(25-17-5-4-8-26(17)22(18)28)31-19(11)23(29)30-13(3)20(27)24-12(2)16-10-14-6-7-15(16)9-14/h12-16H,4-10H2,1-3H3,(H,24,27)/t12-,13-,14+,15+,16-/m0/s1.